The maximum Gasteiger partial charge on any atom is 0.323 e. The molecule has 0 aromatic heterocycles. The topological polar surface area (TPSA) is 156 Å². The SMILES string of the molecule is CCC(C1CCCCC1)N(CC(=O)O)C(=O)C(CC(=O)O)NC(=O)CN(CC)C(=O)CCCC1CCNCC1. The second-order valence-electron chi connectivity index (χ2n) is 10.9. The number of carboxylic acid groups (broad SMARTS) is 2. The number of carbonyl (C=O) groups is 5. The molecule has 1 heterocycles. The monoisotopic (exact) mass is 552 g/mol. The van der Waals surface area contributed by atoms with E-state index in [0.29, 0.717) is 25.3 Å². The van der Waals surface area contributed by atoms with Gasteiger partial charge < -0.3 is 30.6 Å². The average molecular weight is 553 g/mol. The minimum atomic E-state index is -1.42. The molecule has 11 heteroatoms. The first-order chi connectivity index (χ1) is 18.7. The summed E-state index contributed by atoms with van der Waals surface area (Å²) >= 11 is 0. The summed E-state index contributed by atoms with van der Waals surface area (Å²) in [5.41, 5.74) is 0. The Bertz CT molecular complexity index is 825. The van der Waals surface area contributed by atoms with Crippen LogP contribution in [0.5, 0.6) is 0 Å². The summed E-state index contributed by atoms with van der Waals surface area (Å²) in [7, 11) is 0. The van der Waals surface area contributed by atoms with Crippen LogP contribution in [0, 0.1) is 11.8 Å². The van der Waals surface area contributed by atoms with Gasteiger partial charge in [-0.15, -0.1) is 0 Å². The Kier molecular flexibility index (Phi) is 14.3. The second-order valence-corrected chi connectivity index (χ2v) is 10.9. The summed E-state index contributed by atoms with van der Waals surface area (Å²) in [6.07, 6.45) is 8.97. The zero-order valence-electron chi connectivity index (χ0n) is 23.7. The molecule has 2 fully saturated rings. The summed E-state index contributed by atoms with van der Waals surface area (Å²) in [4.78, 5) is 65.2. The highest BCUT2D eigenvalue weighted by molar-refractivity contribution is 5.93. The number of likely N-dealkylation sites (N-methyl/N-ethyl adjacent to an activating group) is 1. The van der Waals surface area contributed by atoms with Gasteiger partial charge in [0.1, 0.15) is 12.6 Å². The summed E-state index contributed by atoms with van der Waals surface area (Å²) in [5.74, 6) is -3.23. The summed E-state index contributed by atoms with van der Waals surface area (Å²) in [5, 5.41) is 24.8. The Labute approximate surface area is 232 Å². The quantitative estimate of drug-likeness (QED) is 0.227. The molecule has 39 heavy (non-hydrogen) atoms. The van der Waals surface area contributed by atoms with Gasteiger partial charge in [0.15, 0.2) is 0 Å². The van der Waals surface area contributed by atoms with Gasteiger partial charge in [-0.2, -0.15) is 0 Å². The van der Waals surface area contributed by atoms with Crippen LogP contribution in [0.2, 0.25) is 0 Å². The molecule has 2 aliphatic rings. The lowest BCUT2D eigenvalue weighted by molar-refractivity contribution is -0.151. The van der Waals surface area contributed by atoms with Crippen molar-refractivity contribution in [1.82, 2.24) is 20.4 Å². The number of carbonyl (C=O) groups excluding carboxylic acids is 3. The molecule has 1 saturated carbocycles. The minimum Gasteiger partial charge on any atom is -0.481 e. The molecule has 0 bridgehead atoms. The molecular weight excluding hydrogens is 504 g/mol. The Balaban J connectivity index is 2.04. The van der Waals surface area contributed by atoms with Crippen LogP contribution in [0.1, 0.15) is 90.9 Å². The molecule has 2 unspecified atom stereocenters. The highest BCUT2D eigenvalue weighted by Crippen LogP contribution is 2.31. The molecule has 222 valence electrons. The van der Waals surface area contributed by atoms with E-state index in [4.69, 9.17) is 0 Å². The van der Waals surface area contributed by atoms with Crippen molar-refractivity contribution in [2.75, 3.05) is 32.7 Å². The summed E-state index contributed by atoms with van der Waals surface area (Å²) < 4.78 is 0. The van der Waals surface area contributed by atoms with Gasteiger partial charge in [-0.05, 0) is 76.8 Å². The zero-order chi connectivity index (χ0) is 28.8. The predicted molar refractivity (Wildman–Crippen MR) is 146 cm³/mol. The van der Waals surface area contributed by atoms with E-state index in [1.807, 2.05) is 6.92 Å². The van der Waals surface area contributed by atoms with Crippen LogP contribution in [0.3, 0.4) is 0 Å². The lowest BCUT2D eigenvalue weighted by atomic mass is 9.82. The van der Waals surface area contributed by atoms with Crippen LogP contribution >= 0.6 is 0 Å². The fourth-order valence-electron chi connectivity index (χ4n) is 6.07. The molecule has 0 aromatic rings. The van der Waals surface area contributed by atoms with E-state index in [0.717, 1.165) is 70.9 Å². The van der Waals surface area contributed by atoms with Crippen molar-refractivity contribution < 1.29 is 34.2 Å². The van der Waals surface area contributed by atoms with Gasteiger partial charge in [0.25, 0.3) is 0 Å². The van der Waals surface area contributed by atoms with Crippen molar-refractivity contribution in [3.05, 3.63) is 0 Å². The van der Waals surface area contributed by atoms with E-state index in [9.17, 15) is 34.2 Å². The van der Waals surface area contributed by atoms with Crippen molar-refractivity contribution >= 4 is 29.7 Å². The molecule has 1 aliphatic carbocycles. The first kappa shape index (κ1) is 32.5. The van der Waals surface area contributed by atoms with Crippen LogP contribution in [0.4, 0.5) is 0 Å². The molecule has 1 saturated heterocycles. The first-order valence-corrected chi connectivity index (χ1v) is 14.7. The molecule has 0 radical (unpaired) electrons. The third-order valence-corrected chi connectivity index (χ3v) is 8.14. The predicted octanol–water partition coefficient (Wildman–Crippen LogP) is 2.24. The molecule has 11 nitrogen and oxygen atoms in total. The number of aliphatic carboxylic acids is 2. The van der Waals surface area contributed by atoms with E-state index >= 15 is 0 Å². The van der Waals surface area contributed by atoms with Crippen molar-refractivity contribution in [2.45, 2.75) is 103 Å². The Hall–Kier alpha value is -2.69. The number of nitrogens with one attached hydrogen (secondary N) is 2. The molecule has 1 aliphatic heterocycles. The van der Waals surface area contributed by atoms with Gasteiger partial charge in [0.05, 0.1) is 13.0 Å². The van der Waals surface area contributed by atoms with Crippen LogP contribution in [-0.4, -0.2) is 94.5 Å². The molecule has 4 N–H and O–H groups in total. The van der Waals surface area contributed by atoms with Gasteiger partial charge in [-0.1, -0.05) is 26.2 Å². The van der Waals surface area contributed by atoms with Crippen LogP contribution in [-0.2, 0) is 24.0 Å². The number of nitrogens with zero attached hydrogens (tertiary/aromatic N) is 2. The smallest absolute Gasteiger partial charge is 0.323 e. The standard InChI is InChI=1S/C28H48N4O7/c1-3-23(21-10-6-5-7-11-21)32(19-27(37)38)28(39)22(17-26(35)36)30-24(33)18-31(4-2)25(34)12-8-9-20-13-15-29-16-14-20/h20-23,29H,3-19H2,1-2H3,(H,30,33)(H,35,36)(H,37,38). The fraction of sp³-hybridized carbons (Fsp3) is 0.821. The van der Waals surface area contributed by atoms with Crippen LogP contribution in [0.15, 0.2) is 0 Å². The van der Waals surface area contributed by atoms with Crippen molar-refractivity contribution in [1.29, 1.82) is 0 Å². The number of carboxylic acids is 2. The largest absolute Gasteiger partial charge is 0.481 e. The Morgan fingerprint density at radius 2 is 1.59 bits per heavy atom. The third-order valence-electron chi connectivity index (χ3n) is 8.14. The Morgan fingerprint density at radius 1 is 0.923 bits per heavy atom. The number of hydrogen-bond acceptors (Lipinski definition) is 6. The van der Waals surface area contributed by atoms with E-state index in [1.54, 1.807) is 6.92 Å². The van der Waals surface area contributed by atoms with E-state index < -0.39 is 42.8 Å². The van der Waals surface area contributed by atoms with Gasteiger partial charge in [-0.3, -0.25) is 24.0 Å². The Morgan fingerprint density at radius 3 is 2.15 bits per heavy atom. The number of piperidine rings is 1. The van der Waals surface area contributed by atoms with E-state index in [2.05, 4.69) is 10.6 Å². The maximum atomic E-state index is 13.6. The van der Waals surface area contributed by atoms with Crippen LogP contribution in [0.25, 0.3) is 0 Å². The van der Waals surface area contributed by atoms with Crippen molar-refractivity contribution in [3.63, 3.8) is 0 Å². The lowest BCUT2D eigenvalue weighted by Gasteiger charge is -2.39. The van der Waals surface area contributed by atoms with E-state index in [-0.39, 0.29) is 24.4 Å². The molecule has 0 aromatic carbocycles. The van der Waals surface area contributed by atoms with Crippen molar-refractivity contribution in [2.24, 2.45) is 11.8 Å². The molecule has 3 amide bonds. The second kappa shape index (κ2) is 17.1. The van der Waals surface area contributed by atoms with Gasteiger partial charge in [0.2, 0.25) is 17.7 Å². The van der Waals surface area contributed by atoms with Crippen LogP contribution < -0.4 is 10.6 Å². The van der Waals surface area contributed by atoms with Gasteiger partial charge in [0, 0.05) is 19.0 Å². The highest BCUT2D eigenvalue weighted by atomic mass is 16.4. The average Bonchev–Trinajstić information content (AvgIpc) is 2.91. The number of rotatable bonds is 16. The fourth-order valence-corrected chi connectivity index (χ4v) is 6.07. The normalized spacial score (nSPS) is 18.1. The number of amides is 3. The molecule has 0 spiro atoms. The third kappa shape index (κ3) is 11.1. The summed E-state index contributed by atoms with van der Waals surface area (Å²) in [6.45, 7) is 5.12. The lowest BCUT2D eigenvalue weighted by Crippen LogP contribution is -2.56. The van der Waals surface area contributed by atoms with Crippen molar-refractivity contribution in [3.8, 4) is 0 Å². The molecule has 2 atom stereocenters. The minimum absolute atomic E-state index is 0.131. The molecule has 2 rings (SSSR count). The van der Waals surface area contributed by atoms with E-state index in [1.165, 1.54) is 9.80 Å². The summed E-state index contributed by atoms with van der Waals surface area (Å²) in [6, 6.07) is -1.77. The highest BCUT2D eigenvalue weighted by Gasteiger charge is 2.36. The maximum absolute atomic E-state index is 13.6. The number of hydrogen-bond donors (Lipinski definition) is 4. The zero-order valence-corrected chi connectivity index (χ0v) is 23.7. The van der Waals surface area contributed by atoms with Gasteiger partial charge in [-0.25, -0.2) is 0 Å². The van der Waals surface area contributed by atoms with Gasteiger partial charge >= 0.3 is 11.9 Å². The first-order valence-electron chi connectivity index (χ1n) is 14.7. The molecular formula is C28H48N4O7.